The van der Waals surface area contributed by atoms with Gasteiger partial charge in [-0.15, -0.1) is 0 Å². The number of fused-ring (bicyclic) bond motifs is 3. The normalized spacial score (nSPS) is 13.0. The number of hydrogen-bond donors (Lipinski definition) is 1. The molecule has 0 amide bonds. The van der Waals surface area contributed by atoms with Crippen LogP contribution in [-0.2, 0) is 7.05 Å². The molecule has 2 aromatic carbocycles. The van der Waals surface area contributed by atoms with E-state index in [9.17, 15) is 0 Å². The number of rotatable bonds is 0. The van der Waals surface area contributed by atoms with Crippen LogP contribution in [0.3, 0.4) is 0 Å². The lowest BCUT2D eigenvalue weighted by Gasteiger charge is -2.21. The second-order valence-corrected chi connectivity index (χ2v) is 5.65. The van der Waals surface area contributed by atoms with Gasteiger partial charge < -0.3 is 14.8 Å². The van der Waals surface area contributed by atoms with Crippen LogP contribution in [0.15, 0.2) is 48.5 Å². The highest BCUT2D eigenvalue weighted by atomic mass is 15.2. The van der Waals surface area contributed by atoms with Gasteiger partial charge >= 0.3 is 0 Å². The lowest BCUT2D eigenvalue weighted by Crippen LogP contribution is -2.40. The fourth-order valence-electron chi connectivity index (χ4n) is 2.89. The Morgan fingerprint density at radius 2 is 1.00 bits per heavy atom. The summed E-state index contributed by atoms with van der Waals surface area (Å²) in [7, 11) is 4.27. The largest absolute Gasteiger partial charge is 0.344 e. The zero-order valence-electron chi connectivity index (χ0n) is 18.8. The van der Waals surface area contributed by atoms with E-state index in [1.165, 1.54) is 34.9 Å². The van der Waals surface area contributed by atoms with Crippen molar-refractivity contribution in [2.45, 2.75) is 41.5 Å². The van der Waals surface area contributed by atoms with E-state index in [0.717, 1.165) is 13.1 Å². The van der Waals surface area contributed by atoms with Gasteiger partial charge in [-0.25, -0.2) is 0 Å². The van der Waals surface area contributed by atoms with Crippen molar-refractivity contribution < 1.29 is 0 Å². The molecule has 0 radical (unpaired) electrons. The van der Waals surface area contributed by atoms with Crippen LogP contribution in [0.2, 0.25) is 0 Å². The van der Waals surface area contributed by atoms with E-state index in [-0.39, 0.29) is 0 Å². The predicted octanol–water partition coefficient (Wildman–Crippen LogP) is 5.93. The maximum atomic E-state index is 3.27. The first-order valence-corrected chi connectivity index (χ1v) is 10.6. The van der Waals surface area contributed by atoms with Crippen LogP contribution in [0.5, 0.6) is 0 Å². The van der Waals surface area contributed by atoms with Gasteiger partial charge in [-0.05, 0) is 19.2 Å². The third kappa shape index (κ3) is 7.36. The van der Waals surface area contributed by atoms with Crippen LogP contribution in [-0.4, -0.2) is 42.7 Å². The van der Waals surface area contributed by atoms with Crippen molar-refractivity contribution in [3.63, 3.8) is 0 Å². The van der Waals surface area contributed by atoms with Gasteiger partial charge in [0, 0.05) is 55.0 Å². The van der Waals surface area contributed by atoms with Crippen LogP contribution >= 0.6 is 0 Å². The molecule has 0 saturated carbocycles. The Morgan fingerprint density at radius 3 is 1.33 bits per heavy atom. The van der Waals surface area contributed by atoms with Crippen molar-refractivity contribution in [1.29, 1.82) is 0 Å². The Labute approximate surface area is 167 Å². The number of hydrogen-bond acceptors (Lipinski definition) is 2. The van der Waals surface area contributed by atoms with Gasteiger partial charge in [-0.1, -0.05) is 77.9 Å². The van der Waals surface area contributed by atoms with E-state index in [4.69, 9.17) is 0 Å². The van der Waals surface area contributed by atoms with E-state index in [1.54, 1.807) is 0 Å². The summed E-state index contributed by atoms with van der Waals surface area (Å²) in [5, 5.41) is 5.95. The molecule has 0 unspecified atom stereocenters. The first-order valence-electron chi connectivity index (χ1n) is 10.6. The molecule has 1 aliphatic rings. The number of aryl methyl sites for hydroxylation is 1. The van der Waals surface area contributed by atoms with Crippen molar-refractivity contribution >= 4 is 21.8 Å². The van der Waals surface area contributed by atoms with E-state index in [1.807, 2.05) is 41.5 Å². The number of nitrogens with one attached hydrogen (secondary N) is 1. The molecule has 3 nitrogen and oxygen atoms in total. The topological polar surface area (TPSA) is 20.2 Å². The summed E-state index contributed by atoms with van der Waals surface area (Å²) < 4.78 is 2.24. The maximum Gasteiger partial charge on any atom is 0.0488 e. The molecule has 4 rings (SSSR count). The molecule has 0 spiro atoms. The molecule has 152 valence electrons. The van der Waals surface area contributed by atoms with Gasteiger partial charge in [0.1, 0.15) is 0 Å². The minimum absolute atomic E-state index is 1.16. The van der Waals surface area contributed by atoms with Gasteiger partial charge in [0.05, 0.1) is 0 Å². The maximum absolute atomic E-state index is 3.27. The molecule has 3 heteroatoms. The van der Waals surface area contributed by atoms with Crippen molar-refractivity contribution in [3.8, 4) is 0 Å². The van der Waals surface area contributed by atoms with Gasteiger partial charge in [-0.2, -0.15) is 0 Å². The van der Waals surface area contributed by atoms with Gasteiger partial charge in [0.25, 0.3) is 0 Å². The highest BCUT2D eigenvalue weighted by Crippen LogP contribution is 2.26. The van der Waals surface area contributed by atoms with Gasteiger partial charge in [0.15, 0.2) is 0 Å². The summed E-state index contributed by atoms with van der Waals surface area (Å²) >= 11 is 0. The summed E-state index contributed by atoms with van der Waals surface area (Å²) in [5.41, 5.74) is 2.60. The monoisotopic (exact) mass is 371 g/mol. The van der Waals surface area contributed by atoms with Crippen LogP contribution in [0.25, 0.3) is 21.8 Å². The Balaban J connectivity index is 0.000000442. The lowest BCUT2D eigenvalue weighted by molar-refractivity contribution is 0.291. The molecule has 0 atom stereocenters. The third-order valence-electron chi connectivity index (χ3n) is 4.16. The fourth-order valence-corrected chi connectivity index (χ4v) is 2.89. The van der Waals surface area contributed by atoms with Gasteiger partial charge in [0.2, 0.25) is 0 Å². The lowest BCUT2D eigenvalue weighted by atomic mass is 10.2. The molecule has 1 N–H and O–H groups in total. The van der Waals surface area contributed by atoms with Crippen LogP contribution < -0.4 is 5.32 Å². The van der Waals surface area contributed by atoms with E-state index in [0.29, 0.717) is 0 Å². The Kier molecular flexibility index (Phi) is 14.2. The number of aromatic nitrogens is 1. The summed E-state index contributed by atoms with van der Waals surface area (Å²) in [6, 6.07) is 17.0. The molecular weight excluding hydrogens is 330 g/mol. The molecule has 1 aliphatic heterocycles. The highest BCUT2D eigenvalue weighted by molar-refractivity contribution is 6.07. The van der Waals surface area contributed by atoms with E-state index >= 15 is 0 Å². The third-order valence-corrected chi connectivity index (χ3v) is 4.16. The molecule has 0 bridgehead atoms. The second kappa shape index (κ2) is 15.2. The number of nitrogens with zero attached hydrogens (tertiary/aromatic N) is 2. The SMILES string of the molecule is CC.CC.CC.CN1CCNCC1.Cn1c2ccccc2c2ccccc21. The molecule has 1 fully saturated rings. The van der Waals surface area contributed by atoms with E-state index < -0.39 is 0 Å². The zero-order chi connectivity index (χ0) is 20.7. The van der Waals surface area contributed by atoms with Crippen molar-refractivity contribution in [2.24, 2.45) is 7.05 Å². The molecule has 2 heterocycles. The molecule has 1 saturated heterocycles. The molecule has 1 aromatic heterocycles. The smallest absolute Gasteiger partial charge is 0.0488 e. The minimum atomic E-state index is 1.16. The van der Waals surface area contributed by atoms with Gasteiger partial charge in [-0.3, -0.25) is 0 Å². The summed E-state index contributed by atoms with van der Waals surface area (Å²) in [6.45, 7) is 16.7. The van der Waals surface area contributed by atoms with Crippen LogP contribution in [0.4, 0.5) is 0 Å². The number of para-hydroxylation sites is 2. The quantitative estimate of drug-likeness (QED) is 0.528. The standard InChI is InChI=1S/C13H11N.C5H12N2.3C2H6/c1-14-12-8-4-2-6-10(12)11-7-3-5-9-13(11)14;1-7-4-2-6-3-5-7;3*1-2/h2-9H,1H3;6H,2-5H2,1H3;3*1-2H3. The number of likely N-dealkylation sites (N-methyl/N-ethyl adjacent to an activating group) is 1. The molecule has 0 aliphatic carbocycles. The Bertz CT molecular complexity index is 671. The summed E-state index contributed by atoms with van der Waals surface area (Å²) in [6.07, 6.45) is 0. The van der Waals surface area contributed by atoms with Crippen LogP contribution in [0.1, 0.15) is 41.5 Å². The fraction of sp³-hybridized carbons (Fsp3) is 0.500. The molecule has 27 heavy (non-hydrogen) atoms. The first kappa shape index (κ1) is 25.2. The highest BCUT2D eigenvalue weighted by Gasteiger charge is 2.05. The van der Waals surface area contributed by atoms with E-state index in [2.05, 4.69) is 77.4 Å². The van der Waals surface area contributed by atoms with Crippen molar-refractivity contribution in [3.05, 3.63) is 48.5 Å². The predicted molar refractivity (Wildman–Crippen MR) is 125 cm³/mol. The Hall–Kier alpha value is -1.84. The average molecular weight is 372 g/mol. The average Bonchev–Trinajstić information content (AvgIpc) is 3.06. The van der Waals surface area contributed by atoms with Crippen molar-refractivity contribution in [1.82, 2.24) is 14.8 Å². The Morgan fingerprint density at radius 1 is 0.630 bits per heavy atom. The zero-order valence-corrected chi connectivity index (χ0v) is 18.8. The minimum Gasteiger partial charge on any atom is -0.344 e. The number of benzene rings is 2. The summed E-state index contributed by atoms with van der Waals surface area (Å²) in [5.74, 6) is 0. The first-order chi connectivity index (χ1) is 13.3. The second-order valence-electron chi connectivity index (χ2n) is 5.65. The number of piperazine rings is 1. The van der Waals surface area contributed by atoms with Crippen LogP contribution in [0, 0.1) is 0 Å². The molecule has 3 aromatic rings. The van der Waals surface area contributed by atoms with Crippen molar-refractivity contribution in [2.75, 3.05) is 33.2 Å². The molecular formula is C24H41N3. The summed E-state index contributed by atoms with van der Waals surface area (Å²) in [4.78, 5) is 2.33.